The Hall–Kier alpha value is -2.43. The summed E-state index contributed by atoms with van der Waals surface area (Å²) in [6, 6.07) is 12.5. The molecule has 4 aromatic rings. The van der Waals surface area contributed by atoms with Gasteiger partial charge in [0.25, 0.3) is 5.56 Å². The zero-order chi connectivity index (χ0) is 17.8. The van der Waals surface area contributed by atoms with Gasteiger partial charge in [-0.1, -0.05) is 31.2 Å². The van der Waals surface area contributed by atoms with Gasteiger partial charge in [0.1, 0.15) is 4.70 Å². The molecule has 0 saturated carbocycles. The van der Waals surface area contributed by atoms with Crippen molar-refractivity contribution in [3.8, 4) is 11.1 Å². The predicted octanol–water partition coefficient (Wildman–Crippen LogP) is 4.64. The number of benzene rings is 2. The predicted molar refractivity (Wildman–Crippen MR) is 108 cm³/mol. The Morgan fingerprint density at radius 2 is 2.00 bits per heavy atom. The van der Waals surface area contributed by atoms with Crippen LogP contribution in [0.5, 0.6) is 0 Å². The molecule has 0 saturated heterocycles. The molecule has 26 heavy (non-hydrogen) atoms. The number of hydrogen-bond donors (Lipinski definition) is 2. The zero-order valence-corrected chi connectivity index (χ0v) is 15.3. The molecule has 0 spiro atoms. The number of fused-ring (bicyclic) bond motifs is 4. The van der Waals surface area contributed by atoms with Crippen LogP contribution in [0.15, 0.2) is 46.6 Å². The second-order valence-corrected chi connectivity index (χ2v) is 8.21. The smallest absolute Gasteiger partial charge is 0.266 e. The molecule has 130 valence electrons. The number of rotatable bonds is 2. The molecule has 2 aromatic heterocycles. The third-order valence-corrected chi connectivity index (χ3v) is 6.40. The highest BCUT2D eigenvalue weighted by Gasteiger charge is 2.20. The summed E-state index contributed by atoms with van der Waals surface area (Å²) < 4.78 is 0.739. The summed E-state index contributed by atoms with van der Waals surface area (Å²) in [4.78, 5) is 15.4. The normalized spacial score (nSPS) is 16.5. The Labute approximate surface area is 154 Å². The first-order valence-electron chi connectivity index (χ1n) is 8.94. The number of aromatic nitrogens is 1. The number of pyridine rings is 1. The Balaban J connectivity index is 1.88. The van der Waals surface area contributed by atoms with Gasteiger partial charge < -0.3 is 10.1 Å². The van der Waals surface area contributed by atoms with Crippen LogP contribution in [0.2, 0.25) is 0 Å². The maximum Gasteiger partial charge on any atom is 0.266 e. The third-order valence-electron chi connectivity index (χ3n) is 5.48. The number of H-pyrrole nitrogens is 1. The van der Waals surface area contributed by atoms with Gasteiger partial charge in [0, 0.05) is 16.3 Å². The summed E-state index contributed by atoms with van der Waals surface area (Å²) in [6.45, 7) is 2.26. The van der Waals surface area contributed by atoms with Crippen molar-refractivity contribution in [1.82, 2.24) is 4.98 Å². The van der Waals surface area contributed by atoms with Gasteiger partial charge in [-0.05, 0) is 64.1 Å². The minimum Gasteiger partial charge on any atom is -0.392 e. The molecule has 1 aliphatic carbocycles. The first kappa shape index (κ1) is 15.8. The average molecular weight is 361 g/mol. The number of thiophene rings is 1. The van der Waals surface area contributed by atoms with Gasteiger partial charge in [-0.2, -0.15) is 0 Å². The van der Waals surface area contributed by atoms with Crippen LogP contribution in [0.3, 0.4) is 0 Å². The van der Waals surface area contributed by atoms with Crippen molar-refractivity contribution in [3.63, 3.8) is 0 Å². The van der Waals surface area contributed by atoms with Crippen molar-refractivity contribution < 1.29 is 5.11 Å². The van der Waals surface area contributed by atoms with Crippen LogP contribution in [0.4, 0.5) is 0 Å². The quantitative estimate of drug-likeness (QED) is 0.547. The van der Waals surface area contributed by atoms with E-state index in [0.29, 0.717) is 5.92 Å². The number of nitrogens with one attached hydrogen (secondary N) is 1. The Morgan fingerprint density at radius 3 is 2.85 bits per heavy atom. The molecule has 4 heteroatoms. The number of aliphatic hydroxyl groups excluding tert-OH is 1. The maximum atomic E-state index is 12.4. The molecular formula is C22H19NO2S. The van der Waals surface area contributed by atoms with E-state index in [4.69, 9.17) is 0 Å². The molecule has 2 aromatic carbocycles. The molecular weight excluding hydrogens is 342 g/mol. The Morgan fingerprint density at radius 1 is 1.15 bits per heavy atom. The highest BCUT2D eigenvalue weighted by atomic mass is 32.1. The van der Waals surface area contributed by atoms with Crippen LogP contribution in [0, 0.1) is 5.92 Å². The minimum atomic E-state index is -0.0482. The summed E-state index contributed by atoms with van der Waals surface area (Å²) in [6.07, 6.45) is 2.24. The van der Waals surface area contributed by atoms with E-state index in [1.165, 1.54) is 22.5 Å². The van der Waals surface area contributed by atoms with E-state index in [1.54, 1.807) is 0 Å². The second kappa shape index (κ2) is 5.79. The molecule has 0 radical (unpaired) electrons. The van der Waals surface area contributed by atoms with Gasteiger partial charge in [0.05, 0.1) is 6.61 Å². The fraction of sp³-hybridized carbons (Fsp3) is 0.227. The van der Waals surface area contributed by atoms with E-state index in [9.17, 15) is 9.90 Å². The molecule has 2 N–H and O–H groups in total. The van der Waals surface area contributed by atoms with Crippen molar-refractivity contribution in [2.75, 3.05) is 0 Å². The molecule has 1 aliphatic rings. The summed E-state index contributed by atoms with van der Waals surface area (Å²) in [7, 11) is 0. The van der Waals surface area contributed by atoms with Crippen LogP contribution >= 0.6 is 11.3 Å². The van der Waals surface area contributed by atoms with Gasteiger partial charge >= 0.3 is 0 Å². The molecule has 3 nitrogen and oxygen atoms in total. The first-order valence-corrected chi connectivity index (χ1v) is 9.82. The van der Waals surface area contributed by atoms with E-state index >= 15 is 0 Å². The lowest BCUT2D eigenvalue weighted by Crippen LogP contribution is -2.05. The Kier molecular flexibility index (Phi) is 3.52. The van der Waals surface area contributed by atoms with Gasteiger partial charge in [-0.3, -0.25) is 4.79 Å². The van der Waals surface area contributed by atoms with Crippen LogP contribution in [0.1, 0.15) is 23.6 Å². The molecule has 0 amide bonds. The van der Waals surface area contributed by atoms with Crippen LogP contribution in [-0.4, -0.2) is 10.1 Å². The number of hydrogen-bond acceptors (Lipinski definition) is 3. The SMILES string of the molecule is CC1Cc2ccc(-c3c(CO)ccc4[nH]c(=O)c5sccc5c34)cc2C1. The lowest BCUT2D eigenvalue weighted by molar-refractivity contribution is 0.282. The molecule has 0 aliphatic heterocycles. The van der Waals surface area contributed by atoms with Gasteiger partial charge in [-0.25, -0.2) is 0 Å². The lowest BCUT2D eigenvalue weighted by Gasteiger charge is -2.14. The van der Waals surface area contributed by atoms with Crippen molar-refractivity contribution in [3.05, 3.63) is 68.8 Å². The molecule has 0 bridgehead atoms. The van der Waals surface area contributed by atoms with E-state index in [2.05, 4.69) is 30.1 Å². The molecule has 1 unspecified atom stereocenters. The summed E-state index contributed by atoms with van der Waals surface area (Å²) in [5, 5.41) is 13.9. The van der Waals surface area contributed by atoms with Crippen LogP contribution in [0.25, 0.3) is 32.1 Å². The van der Waals surface area contributed by atoms with E-state index in [-0.39, 0.29) is 12.2 Å². The highest BCUT2D eigenvalue weighted by Crippen LogP contribution is 2.38. The summed E-state index contributed by atoms with van der Waals surface area (Å²) >= 11 is 1.46. The largest absolute Gasteiger partial charge is 0.392 e. The monoisotopic (exact) mass is 361 g/mol. The second-order valence-electron chi connectivity index (χ2n) is 7.29. The summed E-state index contributed by atoms with van der Waals surface area (Å²) in [5.41, 5.74) is 6.65. The van der Waals surface area contributed by atoms with E-state index in [1.807, 2.05) is 23.6 Å². The molecule has 2 heterocycles. The van der Waals surface area contributed by atoms with Crippen molar-refractivity contribution in [1.29, 1.82) is 0 Å². The standard InChI is InChI=1S/C22H19NO2S/c1-12-8-13-2-3-14(10-16(13)9-12)19-15(11-24)4-5-18-20(19)17-6-7-26-21(17)22(25)23-18/h2-7,10,12,24H,8-9,11H2,1H3,(H,23,25). The average Bonchev–Trinajstić information content (AvgIpc) is 3.26. The van der Waals surface area contributed by atoms with Crippen LogP contribution in [-0.2, 0) is 19.4 Å². The van der Waals surface area contributed by atoms with E-state index < -0.39 is 0 Å². The van der Waals surface area contributed by atoms with Crippen molar-refractivity contribution in [2.24, 2.45) is 5.92 Å². The lowest BCUT2D eigenvalue weighted by atomic mass is 9.92. The van der Waals surface area contributed by atoms with Crippen LogP contribution < -0.4 is 5.56 Å². The van der Waals surface area contributed by atoms with Crippen molar-refractivity contribution >= 4 is 32.3 Å². The third kappa shape index (κ3) is 2.26. The topological polar surface area (TPSA) is 53.1 Å². The minimum absolute atomic E-state index is 0.0243. The zero-order valence-electron chi connectivity index (χ0n) is 14.5. The highest BCUT2D eigenvalue weighted by molar-refractivity contribution is 7.17. The van der Waals surface area contributed by atoms with Crippen molar-refractivity contribution in [2.45, 2.75) is 26.4 Å². The number of aliphatic hydroxyl groups is 1. The Bertz CT molecular complexity index is 1220. The fourth-order valence-corrected chi connectivity index (χ4v) is 5.14. The van der Waals surface area contributed by atoms with Gasteiger partial charge in [0.15, 0.2) is 0 Å². The fourth-order valence-electron chi connectivity index (χ4n) is 4.35. The molecule has 5 rings (SSSR count). The first-order chi connectivity index (χ1) is 12.7. The summed E-state index contributed by atoms with van der Waals surface area (Å²) in [5.74, 6) is 0.685. The molecule has 1 atom stereocenters. The van der Waals surface area contributed by atoms with E-state index in [0.717, 1.165) is 50.5 Å². The number of aromatic amines is 1. The maximum absolute atomic E-state index is 12.4. The van der Waals surface area contributed by atoms with Gasteiger partial charge in [-0.15, -0.1) is 11.3 Å². The van der Waals surface area contributed by atoms with Gasteiger partial charge in [0.2, 0.25) is 0 Å². The molecule has 0 fully saturated rings.